The number of hydrogen-bond donors (Lipinski definition) is 1. The molecular formula is C7H10OS. The van der Waals surface area contributed by atoms with Gasteiger partial charge in [0, 0.05) is 5.75 Å². The van der Waals surface area contributed by atoms with Crippen LogP contribution in [0.25, 0.3) is 0 Å². The predicted molar refractivity (Wildman–Crippen MR) is 41.5 cm³/mol. The lowest BCUT2D eigenvalue weighted by Crippen LogP contribution is -1.99. The highest BCUT2D eigenvalue weighted by Gasteiger charge is 2.02. The molecule has 0 spiro atoms. The topological polar surface area (TPSA) is 20.2 Å². The normalized spacial score (nSPS) is 24.8. The molecule has 0 aromatic heterocycles. The maximum atomic E-state index is 8.48. The predicted octanol–water partition coefficient (Wildman–Crippen LogP) is 2.32. The molecule has 1 N–H and O–H groups in total. The number of rotatable bonds is 2. The first-order valence-electron chi connectivity index (χ1n) is 3.03. The second-order valence-corrected chi connectivity index (χ2v) is 2.70. The van der Waals surface area contributed by atoms with E-state index >= 15 is 0 Å². The maximum Gasteiger partial charge on any atom is 0.0261 e. The number of allylic oxidation sites excluding steroid dienone is 4. The lowest BCUT2D eigenvalue weighted by molar-refractivity contribution is 0.645. The molecule has 0 saturated heterocycles. The van der Waals surface area contributed by atoms with Gasteiger partial charge in [-0.2, -0.15) is 0 Å². The van der Waals surface area contributed by atoms with Crippen LogP contribution in [-0.4, -0.2) is 10.3 Å². The van der Waals surface area contributed by atoms with Gasteiger partial charge in [0.15, 0.2) is 0 Å². The zero-order valence-electron chi connectivity index (χ0n) is 5.16. The Morgan fingerprint density at radius 3 is 3.00 bits per heavy atom. The Hall–Kier alpha value is -0.210. The molecule has 0 aromatic rings. The highest BCUT2D eigenvalue weighted by molar-refractivity contribution is 7.93. The molecule has 0 aliphatic heterocycles. The molecular weight excluding hydrogens is 132 g/mol. The first-order chi connectivity index (χ1) is 4.43. The van der Waals surface area contributed by atoms with Crippen molar-refractivity contribution in [2.45, 2.75) is 6.42 Å². The van der Waals surface area contributed by atoms with Crippen molar-refractivity contribution in [3.05, 3.63) is 24.3 Å². The Labute approximate surface area is 59.7 Å². The molecule has 1 unspecified atom stereocenters. The van der Waals surface area contributed by atoms with E-state index in [-0.39, 0.29) is 0 Å². The van der Waals surface area contributed by atoms with Crippen molar-refractivity contribution in [2.24, 2.45) is 5.92 Å². The zero-order valence-corrected chi connectivity index (χ0v) is 5.97. The van der Waals surface area contributed by atoms with Gasteiger partial charge in [0.05, 0.1) is 0 Å². The van der Waals surface area contributed by atoms with Gasteiger partial charge in [-0.3, -0.25) is 0 Å². The summed E-state index contributed by atoms with van der Waals surface area (Å²) in [6, 6.07) is 0. The van der Waals surface area contributed by atoms with E-state index in [1.54, 1.807) is 0 Å². The second-order valence-electron chi connectivity index (χ2n) is 2.10. The van der Waals surface area contributed by atoms with Crippen LogP contribution in [0, 0.1) is 5.92 Å². The molecule has 1 aliphatic carbocycles. The summed E-state index contributed by atoms with van der Waals surface area (Å²) in [5.41, 5.74) is 0. The third-order valence-corrected chi connectivity index (χ3v) is 1.94. The molecule has 1 nitrogen and oxygen atoms in total. The Morgan fingerprint density at radius 1 is 1.56 bits per heavy atom. The van der Waals surface area contributed by atoms with Crippen LogP contribution in [0.3, 0.4) is 0 Å². The van der Waals surface area contributed by atoms with Gasteiger partial charge in [-0.25, -0.2) is 0 Å². The summed E-state index contributed by atoms with van der Waals surface area (Å²) in [5.74, 6) is 1.37. The molecule has 0 amide bonds. The molecule has 0 heterocycles. The van der Waals surface area contributed by atoms with Gasteiger partial charge in [0.25, 0.3) is 0 Å². The summed E-state index contributed by atoms with van der Waals surface area (Å²) in [5, 5.41) is 0. The number of hydrogen-bond acceptors (Lipinski definition) is 2. The summed E-state index contributed by atoms with van der Waals surface area (Å²) >= 11 is 0.923. The molecule has 1 aliphatic rings. The van der Waals surface area contributed by atoms with Crippen LogP contribution in [0.5, 0.6) is 0 Å². The average molecular weight is 142 g/mol. The van der Waals surface area contributed by atoms with Crippen LogP contribution in [0.4, 0.5) is 0 Å². The summed E-state index contributed by atoms with van der Waals surface area (Å²) in [7, 11) is 0. The minimum absolute atomic E-state index is 0.546. The van der Waals surface area contributed by atoms with Gasteiger partial charge in [0.1, 0.15) is 0 Å². The van der Waals surface area contributed by atoms with Crippen LogP contribution in [0.15, 0.2) is 24.3 Å². The highest BCUT2D eigenvalue weighted by Crippen LogP contribution is 2.14. The van der Waals surface area contributed by atoms with E-state index in [4.69, 9.17) is 4.55 Å². The Bertz CT molecular complexity index is 129. The first-order valence-corrected chi connectivity index (χ1v) is 3.97. The molecule has 1 atom stereocenters. The van der Waals surface area contributed by atoms with Crippen molar-refractivity contribution in [3.8, 4) is 0 Å². The monoisotopic (exact) mass is 142 g/mol. The molecule has 0 bridgehead atoms. The van der Waals surface area contributed by atoms with E-state index in [0.29, 0.717) is 5.92 Å². The largest absolute Gasteiger partial charge is 0.330 e. The molecule has 0 radical (unpaired) electrons. The molecule has 0 fully saturated rings. The summed E-state index contributed by atoms with van der Waals surface area (Å²) in [6.07, 6.45) is 9.40. The van der Waals surface area contributed by atoms with Crippen LogP contribution >= 0.6 is 12.0 Å². The van der Waals surface area contributed by atoms with Gasteiger partial charge in [0.2, 0.25) is 0 Å². The van der Waals surface area contributed by atoms with E-state index in [1.165, 1.54) is 0 Å². The highest BCUT2D eigenvalue weighted by atomic mass is 32.2. The molecule has 0 aromatic carbocycles. The molecule has 9 heavy (non-hydrogen) atoms. The van der Waals surface area contributed by atoms with Crippen molar-refractivity contribution in [1.82, 2.24) is 0 Å². The van der Waals surface area contributed by atoms with Gasteiger partial charge >= 0.3 is 0 Å². The second kappa shape index (κ2) is 3.75. The minimum atomic E-state index is 0.546. The Balaban J connectivity index is 2.28. The Kier molecular flexibility index (Phi) is 2.87. The minimum Gasteiger partial charge on any atom is -0.330 e. The van der Waals surface area contributed by atoms with Crippen molar-refractivity contribution in [2.75, 3.05) is 5.75 Å². The van der Waals surface area contributed by atoms with E-state index in [2.05, 4.69) is 12.2 Å². The van der Waals surface area contributed by atoms with E-state index < -0.39 is 0 Å². The third kappa shape index (κ3) is 2.24. The van der Waals surface area contributed by atoms with Gasteiger partial charge in [-0.05, 0) is 24.4 Å². The first kappa shape index (κ1) is 6.90. The van der Waals surface area contributed by atoms with E-state index in [0.717, 1.165) is 24.2 Å². The third-order valence-electron chi connectivity index (χ3n) is 1.36. The Morgan fingerprint density at radius 2 is 2.44 bits per heavy atom. The maximum absolute atomic E-state index is 8.48. The standard InChI is InChI=1S/C7H10OS/c8-9-6-7-4-2-1-3-5-7/h1-4,7-8H,5-6H2. The summed E-state index contributed by atoms with van der Waals surface area (Å²) in [6.45, 7) is 0. The molecule has 0 saturated carbocycles. The van der Waals surface area contributed by atoms with Crippen LogP contribution in [0.1, 0.15) is 6.42 Å². The summed E-state index contributed by atoms with van der Waals surface area (Å²) < 4.78 is 8.48. The van der Waals surface area contributed by atoms with Crippen molar-refractivity contribution >= 4 is 12.0 Å². The molecule has 1 rings (SSSR count). The van der Waals surface area contributed by atoms with Crippen LogP contribution in [0.2, 0.25) is 0 Å². The van der Waals surface area contributed by atoms with Gasteiger partial charge in [-0.15, -0.1) is 0 Å². The lowest BCUT2D eigenvalue weighted by Gasteiger charge is -2.08. The average Bonchev–Trinajstić information content (AvgIpc) is 1.91. The fourth-order valence-corrected chi connectivity index (χ4v) is 1.29. The van der Waals surface area contributed by atoms with Crippen LogP contribution in [-0.2, 0) is 0 Å². The smallest absolute Gasteiger partial charge is 0.0261 e. The van der Waals surface area contributed by atoms with Gasteiger partial charge < -0.3 is 4.55 Å². The van der Waals surface area contributed by atoms with Crippen LogP contribution < -0.4 is 0 Å². The SMILES string of the molecule is OSCC1C=CC=CC1. The van der Waals surface area contributed by atoms with E-state index in [9.17, 15) is 0 Å². The fraction of sp³-hybridized carbons (Fsp3) is 0.429. The van der Waals surface area contributed by atoms with Crippen molar-refractivity contribution < 1.29 is 4.55 Å². The van der Waals surface area contributed by atoms with Gasteiger partial charge in [-0.1, -0.05) is 24.3 Å². The lowest BCUT2D eigenvalue weighted by atomic mass is 10.0. The fourth-order valence-electron chi connectivity index (χ4n) is 0.851. The zero-order chi connectivity index (χ0) is 6.53. The van der Waals surface area contributed by atoms with Crippen molar-refractivity contribution in [3.63, 3.8) is 0 Å². The molecule has 2 heteroatoms. The van der Waals surface area contributed by atoms with E-state index in [1.807, 2.05) is 12.2 Å². The summed E-state index contributed by atoms with van der Waals surface area (Å²) in [4.78, 5) is 0. The molecule has 50 valence electrons. The van der Waals surface area contributed by atoms with Crippen molar-refractivity contribution in [1.29, 1.82) is 0 Å². The quantitative estimate of drug-likeness (QED) is 0.597.